The van der Waals surface area contributed by atoms with E-state index in [2.05, 4.69) is 16.4 Å². The molecule has 0 spiro atoms. The van der Waals surface area contributed by atoms with Crippen molar-refractivity contribution in [3.05, 3.63) is 70.9 Å². The van der Waals surface area contributed by atoms with Crippen molar-refractivity contribution in [2.45, 2.75) is 31.8 Å². The van der Waals surface area contributed by atoms with Crippen molar-refractivity contribution in [1.29, 1.82) is 5.26 Å². The van der Waals surface area contributed by atoms with E-state index in [4.69, 9.17) is 14.7 Å². The van der Waals surface area contributed by atoms with E-state index in [1.807, 2.05) is 36.4 Å². The number of rotatable bonds is 5. The summed E-state index contributed by atoms with van der Waals surface area (Å²) in [6.45, 7) is 3.69. The van der Waals surface area contributed by atoms with Gasteiger partial charge in [-0.2, -0.15) is 5.26 Å². The van der Waals surface area contributed by atoms with Crippen LogP contribution in [0.1, 0.15) is 42.3 Å². The maximum Gasteiger partial charge on any atom is 0.338 e. The molecule has 0 radical (unpaired) electrons. The van der Waals surface area contributed by atoms with E-state index in [0.29, 0.717) is 5.56 Å². The Labute approximate surface area is 180 Å². The first-order valence-corrected chi connectivity index (χ1v) is 10.3. The lowest BCUT2D eigenvalue weighted by Crippen LogP contribution is -2.64. The number of carbonyl (C=O) groups excluding carboxylic acids is 2. The van der Waals surface area contributed by atoms with Gasteiger partial charge in [-0.3, -0.25) is 5.32 Å². The summed E-state index contributed by atoms with van der Waals surface area (Å²) in [7, 11) is 0. The van der Waals surface area contributed by atoms with Gasteiger partial charge in [0.15, 0.2) is 0 Å². The number of hydrogen-bond donors (Lipinski definition) is 2. The molecule has 2 N–H and O–H groups in total. The number of nitrogens with one attached hydrogen (secondary N) is 2. The molecule has 31 heavy (non-hydrogen) atoms. The Balaban J connectivity index is 1.92. The highest BCUT2D eigenvalue weighted by molar-refractivity contribution is 6.06. The van der Waals surface area contributed by atoms with Crippen LogP contribution in [0.15, 0.2) is 48.5 Å². The van der Waals surface area contributed by atoms with Gasteiger partial charge >= 0.3 is 11.9 Å². The highest BCUT2D eigenvalue weighted by Crippen LogP contribution is 2.39. The molecule has 1 aliphatic heterocycles. The Morgan fingerprint density at radius 2 is 1.71 bits per heavy atom. The number of benzene rings is 2. The third-order valence-corrected chi connectivity index (χ3v) is 5.59. The fourth-order valence-corrected chi connectivity index (χ4v) is 4.15. The van der Waals surface area contributed by atoms with Crippen LogP contribution in [0.25, 0.3) is 10.9 Å². The lowest BCUT2D eigenvalue weighted by Gasteiger charge is -2.38. The van der Waals surface area contributed by atoms with Crippen molar-refractivity contribution in [3.8, 4) is 6.07 Å². The summed E-state index contributed by atoms with van der Waals surface area (Å²) in [6.07, 6.45) is 0.108. The number of aromatic amines is 1. The van der Waals surface area contributed by atoms with Crippen molar-refractivity contribution in [2.24, 2.45) is 0 Å². The smallest absolute Gasteiger partial charge is 0.338 e. The molecule has 0 bridgehead atoms. The zero-order chi connectivity index (χ0) is 22.0. The van der Waals surface area contributed by atoms with Crippen LogP contribution in [0.4, 0.5) is 0 Å². The molecule has 4 rings (SSSR count). The van der Waals surface area contributed by atoms with Crippen LogP contribution >= 0.6 is 0 Å². The third kappa shape index (κ3) is 3.45. The van der Waals surface area contributed by atoms with Gasteiger partial charge in [-0.05, 0) is 43.2 Å². The van der Waals surface area contributed by atoms with Crippen LogP contribution in [0.3, 0.4) is 0 Å². The Morgan fingerprint density at radius 3 is 2.32 bits per heavy atom. The standard InChI is InChI=1S/C24H23N3O4/c1-3-30-22(28)24(23(29)31-4-2)13-18-17-7-5-6-8-19(17)26-21(18)20(27-24)16-11-9-15(14-25)10-12-16/h5-12,20,26-27H,3-4,13H2,1-2H3/t20-/m1/s1. The quantitative estimate of drug-likeness (QED) is 0.488. The Kier molecular flexibility index (Phi) is 5.49. The van der Waals surface area contributed by atoms with Crippen molar-refractivity contribution in [1.82, 2.24) is 10.3 Å². The third-order valence-electron chi connectivity index (χ3n) is 5.59. The van der Waals surface area contributed by atoms with E-state index >= 15 is 0 Å². The maximum absolute atomic E-state index is 13.1. The Morgan fingerprint density at radius 1 is 1.06 bits per heavy atom. The molecule has 1 atom stereocenters. The average Bonchev–Trinajstić information content (AvgIpc) is 3.17. The monoisotopic (exact) mass is 417 g/mol. The van der Waals surface area contributed by atoms with Crippen molar-refractivity contribution < 1.29 is 19.1 Å². The largest absolute Gasteiger partial charge is 0.464 e. The number of nitrogens with zero attached hydrogens (tertiary/aromatic N) is 1. The number of para-hydroxylation sites is 1. The molecule has 0 saturated heterocycles. The van der Waals surface area contributed by atoms with E-state index in [-0.39, 0.29) is 19.6 Å². The predicted octanol–water partition coefficient (Wildman–Crippen LogP) is 3.14. The van der Waals surface area contributed by atoms with Gasteiger partial charge in [0, 0.05) is 23.0 Å². The number of esters is 2. The minimum Gasteiger partial charge on any atom is -0.464 e. The minimum atomic E-state index is -1.68. The lowest BCUT2D eigenvalue weighted by atomic mass is 9.81. The summed E-state index contributed by atoms with van der Waals surface area (Å²) in [5.74, 6) is -1.33. The number of fused-ring (bicyclic) bond motifs is 3. The van der Waals surface area contributed by atoms with Crippen LogP contribution in [0, 0.1) is 11.3 Å². The second kappa shape index (κ2) is 8.25. The highest BCUT2D eigenvalue weighted by atomic mass is 16.6. The summed E-state index contributed by atoms with van der Waals surface area (Å²) in [6, 6.07) is 16.4. The van der Waals surface area contributed by atoms with Crippen molar-refractivity contribution >= 4 is 22.8 Å². The first-order chi connectivity index (χ1) is 15.0. The number of ether oxygens (including phenoxy) is 2. The average molecular weight is 417 g/mol. The summed E-state index contributed by atoms with van der Waals surface area (Å²) < 4.78 is 10.6. The molecule has 3 aromatic rings. The van der Waals surface area contributed by atoms with Gasteiger partial charge < -0.3 is 14.5 Å². The van der Waals surface area contributed by atoms with Crippen LogP contribution < -0.4 is 5.32 Å². The Bertz CT molecular complexity index is 1160. The molecule has 0 aliphatic carbocycles. The molecule has 0 saturated carbocycles. The summed E-state index contributed by atoms with van der Waals surface area (Å²) in [5.41, 5.74) is 2.31. The summed E-state index contributed by atoms with van der Waals surface area (Å²) in [5, 5.41) is 13.3. The van der Waals surface area contributed by atoms with Crippen LogP contribution in [-0.2, 0) is 25.5 Å². The molecular weight excluding hydrogens is 394 g/mol. The molecule has 0 fully saturated rings. The number of nitriles is 1. The van der Waals surface area contributed by atoms with Crippen LogP contribution in [-0.4, -0.2) is 35.7 Å². The summed E-state index contributed by atoms with van der Waals surface area (Å²) in [4.78, 5) is 29.7. The zero-order valence-corrected chi connectivity index (χ0v) is 17.4. The highest BCUT2D eigenvalue weighted by Gasteiger charge is 2.54. The zero-order valence-electron chi connectivity index (χ0n) is 17.4. The van der Waals surface area contributed by atoms with Gasteiger partial charge in [-0.15, -0.1) is 0 Å². The number of hydrogen-bond acceptors (Lipinski definition) is 6. The molecule has 7 heteroatoms. The number of aromatic nitrogens is 1. The second-order valence-corrected chi connectivity index (χ2v) is 7.40. The molecule has 2 heterocycles. The van der Waals surface area contributed by atoms with E-state index in [0.717, 1.165) is 27.7 Å². The van der Waals surface area contributed by atoms with Gasteiger partial charge in [0.1, 0.15) is 0 Å². The Hall–Kier alpha value is -3.63. The maximum atomic E-state index is 13.1. The first kappa shape index (κ1) is 20.6. The molecule has 0 unspecified atom stereocenters. The van der Waals surface area contributed by atoms with E-state index in [1.54, 1.807) is 26.0 Å². The van der Waals surface area contributed by atoms with Crippen molar-refractivity contribution in [3.63, 3.8) is 0 Å². The molecule has 158 valence electrons. The van der Waals surface area contributed by atoms with Gasteiger partial charge in [0.05, 0.1) is 30.9 Å². The molecule has 0 amide bonds. The van der Waals surface area contributed by atoms with E-state index < -0.39 is 23.5 Å². The minimum absolute atomic E-state index is 0.108. The first-order valence-electron chi connectivity index (χ1n) is 10.3. The van der Waals surface area contributed by atoms with Gasteiger partial charge in [-0.1, -0.05) is 30.3 Å². The predicted molar refractivity (Wildman–Crippen MR) is 114 cm³/mol. The fraction of sp³-hybridized carbons (Fsp3) is 0.292. The van der Waals surface area contributed by atoms with Gasteiger partial charge in [0.25, 0.3) is 0 Å². The topological polar surface area (TPSA) is 104 Å². The number of H-pyrrole nitrogens is 1. The van der Waals surface area contributed by atoms with E-state index in [9.17, 15) is 9.59 Å². The normalized spacial score (nSPS) is 16.9. The second-order valence-electron chi connectivity index (χ2n) is 7.40. The molecule has 2 aromatic carbocycles. The fourth-order valence-electron chi connectivity index (χ4n) is 4.15. The van der Waals surface area contributed by atoms with E-state index in [1.165, 1.54) is 0 Å². The van der Waals surface area contributed by atoms with Gasteiger partial charge in [-0.25, -0.2) is 9.59 Å². The van der Waals surface area contributed by atoms with Crippen LogP contribution in [0.2, 0.25) is 0 Å². The summed E-state index contributed by atoms with van der Waals surface area (Å²) >= 11 is 0. The SMILES string of the molecule is CCOC(=O)C1(C(=O)OCC)Cc2c([nH]c3ccccc23)[C@@H](c2ccc(C#N)cc2)N1. The number of carbonyl (C=O) groups is 2. The molecule has 1 aromatic heterocycles. The molecule has 7 nitrogen and oxygen atoms in total. The van der Waals surface area contributed by atoms with Crippen LogP contribution in [0.5, 0.6) is 0 Å². The molecular formula is C24H23N3O4. The lowest BCUT2D eigenvalue weighted by molar-refractivity contribution is -0.167. The van der Waals surface area contributed by atoms with Crippen molar-refractivity contribution in [2.75, 3.05) is 13.2 Å². The molecule has 1 aliphatic rings. The van der Waals surface area contributed by atoms with Gasteiger partial charge in [0.2, 0.25) is 5.54 Å².